The van der Waals surface area contributed by atoms with Gasteiger partial charge in [0.2, 0.25) is 5.91 Å². The third kappa shape index (κ3) is 2.59. The summed E-state index contributed by atoms with van der Waals surface area (Å²) in [6, 6.07) is 20.5. The molecule has 4 rings (SSSR count). The molecule has 0 saturated carbocycles. The van der Waals surface area contributed by atoms with Crippen LogP contribution in [-0.2, 0) is 4.79 Å². The number of thioether (sulfide) groups is 1. The molecule has 1 unspecified atom stereocenters. The van der Waals surface area contributed by atoms with Crippen molar-refractivity contribution in [3.63, 3.8) is 0 Å². The molecule has 3 aromatic rings. The normalized spacial score (nSPS) is 17.9. The number of fused-ring (bicyclic) bond motifs is 1. The maximum Gasteiger partial charge on any atom is 0.238 e. The van der Waals surface area contributed by atoms with E-state index in [-0.39, 0.29) is 17.1 Å². The Balaban J connectivity index is 1.76. The second-order valence-corrected chi connectivity index (χ2v) is 6.58. The van der Waals surface area contributed by atoms with Gasteiger partial charge >= 0.3 is 0 Å². The number of nitrogens with zero attached hydrogens (tertiary/aromatic N) is 1. The third-order valence-electron chi connectivity index (χ3n) is 4.03. The van der Waals surface area contributed by atoms with Crippen molar-refractivity contribution in [1.29, 1.82) is 0 Å². The minimum absolute atomic E-state index is 0.0830. The quantitative estimate of drug-likeness (QED) is 0.678. The van der Waals surface area contributed by atoms with Gasteiger partial charge in [-0.2, -0.15) is 0 Å². The van der Waals surface area contributed by atoms with Crippen molar-refractivity contribution in [1.82, 2.24) is 0 Å². The molecule has 0 aliphatic carbocycles. The number of carbonyl (C=O) groups is 1. The fraction of sp³-hybridized carbons (Fsp3) is 0.105. The predicted octanol–water partition coefficient (Wildman–Crippen LogP) is 4.76. The molecule has 23 heavy (non-hydrogen) atoms. The highest BCUT2D eigenvalue weighted by Crippen LogP contribution is 2.42. The molecule has 2 nitrogen and oxygen atoms in total. The van der Waals surface area contributed by atoms with E-state index in [1.54, 1.807) is 23.9 Å². The number of amides is 1. The van der Waals surface area contributed by atoms with Crippen LogP contribution in [0.1, 0.15) is 10.9 Å². The molecule has 1 amide bonds. The second-order valence-electron chi connectivity index (χ2n) is 5.51. The maximum absolute atomic E-state index is 13.2. The monoisotopic (exact) mass is 323 g/mol. The highest BCUT2D eigenvalue weighted by atomic mass is 32.2. The minimum atomic E-state index is -0.264. The largest absolute Gasteiger partial charge is 0.295 e. The van der Waals surface area contributed by atoms with Crippen molar-refractivity contribution < 1.29 is 9.18 Å². The zero-order valence-corrected chi connectivity index (χ0v) is 13.1. The summed E-state index contributed by atoms with van der Waals surface area (Å²) in [5, 5.41) is 2.14. The molecule has 4 heteroatoms. The Labute approximate surface area is 137 Å². The Morgan fingerprint density at radius 3 is 2.48 bits per heavy atom. The van der Waals surface area contributed by atoms with Gasteiger partial charge in [-0.15, -0.1) is 11.8 Å². The lowest BCUT2D eigenvalue weighted by Gasteiger charge is -2.24. The van der Waals surface area contributed by atoms with E-state index in [0.29, 0.717) is 5.75 Å². The molecule has 0 spiro atoms. The van der Waals surface area contributed by atoms with Crippen LogP contribution >= 0.6 is 11.8 Å². The summed E-state index contributed by atoms with van der Waals surface area (Å²) in [6.07, 6.45) is 0. The highest BCUT2D eigenvalue weighted by Gasteiger charge is 2.34. The summed E-state index contributed by atoms with van der Waals surface area (Å²) in [7, 11) is 0. The first-order chi connectivity index (χ1) is 11.2. The third-order valence-corrected chi connectivity index (χ3v) is 5.25. The van der Waals surface area contributed by atoms with Crippen LogP contribution in [0.2, 0.25) is 0 Å². The Morgan fingerprint density at radius 1 is 0.957 bits per heavy atom. The summed E-state index contributed by atoms with van der Waals surface area (Å²) in [5.74, 6) is 0.259. The Hall–Kier alpha value is -2.33. The first kappa shape index (κ1) is 14.3. The highest BCUT2D eigenvalue weighted by molar-refractivity contribution is 8.00. The number of benzene rings is 3. The van der Waals surface area contributed by atoms with Gasteiger partial charge in [-0.05, 0) is 40.6 Å². The molecule has 114 valence electrons. The average molecular weight is 323 g/mol. The van der Waals surface area contributed by atoms with Crippen LogP contribution in [-0.4, -0.2) is 11.7 Å². The van der Waals surface area contributed by atoms with Crippen LogP contribution in [0.4, 0.5) is 10.1 Å². The first-order valence-corrected chi connectivity index (χ1v) is 8.45. The molecule has 1 aliphatic rings. The molecule has 0 radical (unpaired) electrons. The molecular formula is C19H14FNOS. The van der Waals surface area contributed by atoms with Gasteiger partial charge in [0.25, 0.3) is 0 Å². The molecule has 3 aromatic carbocycles. The van der Waals surface area contributed by atoms with Gasteiger partial charge in [-0.1, -0.05) is 42.5 Å². The van der Waals surface area contributed by atoms with E-state index in [9.17, 15) is 9.18 Å². The summed E-state index contributed by atoms with van der Waals surface area (Å²) < 4.78 is 13.2. The minimum Gasteiger partial charge on any atom is -0.295 e. The number of hydrogen-bond acceptors (Lipinski definition) is 2. The van der Waals surface area contributed by atoms with Crippen LogP contribution in [0.15, 0.2) is 66.7 Å². The van der Waals surface area contributed by atoms with Crippen molar-refractivity contribution in [2.75, 3.05) is 10.7 Å². The lowest BCUT2D eigenvalue weighted by molar-refractivity contribution is -0.115. The topological polar surface area (TPSA) is 20.3 Å². The zero-order valence-electron chi connectivity index (χ0n) is 12.3. The van der Waals surface area contributed by atoms with E-state index in [2.05, 4.69) is 6.07 Å². The van der Waals surface area contributed by atoms with Crippen LogP contribution < -0.4 is 4.90 Å². The number of hydrogen-bond donors (Lipinski definition) is 0. The molecule has 0 aromatic heterocycles. The molecule has 1 atom stereocenters. The fourth-order valence-corrected chi connectivity index (χ4v) is 4.08. The van der Waals surface area contributed by atoms with E-state index in [0.717, 1.165) is 22.0 Å². The fourth-order valence-electron chi connectivity index (χ4n) is 2.90. The number of halogens is 1. The number of rotatable bonds is 2. The second kappa shape index (κ2) is 5.70. The van der Waals surface area contributed by atoms with Gasteiger partial charge in [-0.3, -0.25) is 9.69 Å². The van der Waals surface area contributed by atoms with E-state index in [1.165, 1.54) is 12.1 Å². The Morgan fingerprint density at radius 2 is 1.70 bits per heavy atom. The standard InChI is InChI=1S/C19H14FNOS/c20-16-8-5-14(6-9-16)19-21(18(22)12-23-19)17-10-7-13-3-1-2-4-15(13)11-17/h1-11,19H,12H2. The summed E-state index contributed by atoms with van der Waals surface area (Å²) in [5.41, 5.74) is 1.82. The van der Waals surface area contributed by atoms with Crippen LogP contribution in [0, 0.1) is 5.82 Å². The molecule has 1 saturated heterocycles. The van der Waals surface area contributed by atoms with Crippen molar-refractivity contribution in [2.45, 2.75) is 5.37 Å². The molecule has 1 heterocycles. The summed E-state index contributed by atoms with van der Waals surface area (Å²) in [4.78, 5) is 14.2. The van der Waals surface area contributed by atoms with Gasteiger partial charge in [0.1, 0.15) is 11.2 Å². The van der Waals surface area contributed by atoms with Crippen LogP contribution in [0.25, 0.3) is 10.8 Å². The smallest absolute Gasteiger partial charge is 0.238 e. The van der Waals surface area contributed by atoms with Gasteiger partial charge in [0.05, 0.1) is 5.75 Å². The van der Waals surface area contributed by atoms with Gasteiger partial charge in [-0.25, -0.2) is 4.39 Å². The lowest BCUT2D eigenvalue weighted by atomic mass is 10.1. The zero-order chi connectivity index (χ0) is 15.8. The molecule has 1 fully saturated rings. The van der Waals surface area contributed by atoms with Gasteiger partial charge in [0, 0.05) is 5.69 Å². The summed E-state index contributed by atoms with van der Waals surface area (Å²) >= 11 is 1.57. The van der Waals surface area contributed by atoms with Gasteiger partial charge in [0.15, 0.2) is 0 Å². The van der Waals surface area contributed by atoms with Crippen molar-refractivity contribution in [2.24, 2.45) is 0 Å². The van der Waals surface area contributed by atoms with Crippen LogP contribution in [0.5, 0.6) is 0 Å². The predicted molar refractivity (Wildman–Crippen MR) is 93.0 cm³/mol. The van der Waals surface area contributed by atoms with E-state index in [1.807, 2.05) is 41.3 Å². The molecule has 1 aliphatic heterocycles. The molecular weight excluding hydrogens is 309 g/mol. The Bertz CT molecular complexity index is 878. The number of carbonyl (C=O) groups excluding carboxylic acids is 1. The van der Waals surface area contributed by atoms with Crippen molar-refractivity contribution in [3.8, 4) is 0 Å². The number of anilines is 1. The average Bonchev–Trinajstić information content (AvgIpc) is 2.97. The Kier molecular flexibility index (Phi) is 3.54. The van der Waals surface area contributed by atoms with Crippen molar-refractivity contribution >= 4 is 34.1 Å². The van der Waals surface area contributed by atoms with Crippen LogP contribution in [0.3, 0.4) is 0 Å². The van der Waals surface area contributed by atoms with Crippen molar-refractivity contribution in [3.05, 3.63) is 78.1 Å². The van der Waals surface area contributed by atoms with E-state index >= 15 is 0 Å². The first-order valence-electron chi connectivity index (χ1n) is 7.40. The molecule has 0 bridgehead atoms. The SMILES string of the molecule is O=C1CSC(c2ccc(F)cc2)N1c1ccc2ccccc2c1. The van der Waals surface area contributed by atoms with Gasteiger partial charge < -0.3 is 0 Å². The van der Waals surface area contributed by atoms with E-state index in [4.69, 9.17) is 0 Å². The summed E-state index contributed by atoms with van der Waals surface area (Å²) in [6.45, 7) is 0. The lowest BCUT2D eigenvalue weighted by Crippen LogP contribution is -2.27. The molecule has 0 N–H and O–H groups in total. The maximum atomic E-state index is 13.2. The van der Waals surface area contributed by atoms with E-state index < -0.39 is 0 Å².